The maximum Gasteiger partial charge on any atom is 0.127 e. The van der Waals surface area contributed by atoms with E-state index in [1.165, 1.54) is 6.07 Å². The van der Waals surface area contributed by atoms with Gasteiger partial charge in [0.25, 0.3) is 0 Å². The molecule has 0 heterocycles. The van der Waals surface area contributed by atoms with Gasteiger partial charge in [-0.2, -0.15) is 0 Å². The van der Waals surface area contributed by atoms with Crippen molar-refractivity contribution in [2.45, 2.75) is 18.9 Å². The van der Waals surface area contributed by atoms with Crippen LogP contribution in [0.2, 0.25) is 5.02 Å². The maximum absolute atomic E-state index is 13.7. The summed E-state index contributed by atoms with van der Waals surface area (Å²) in [6.45, 7) is 0. The SMILES string of the molecule is NC(Cc1ccc(Cl)cc1F)Cc1ccccc1Br. The minimum atomic E-state index is -0.296. The number of nitrogens with two attached hydrogens (primary N) is 1. The minimum Gasteiger partial charge on any atom is -0.327 e. The van der Waals surface area contributed by atoms with Gasteiger partial charge in [-0.3, -0.25) is 0 Å². The standard InChI is InChI=1S/C15H14BrClFN/c16-14-4-2-1-3-10(14)7-13(19)8-11-5-6-12(17)9-15(11)18/h1-6,9,13H,7-8,19H2. The third-order valence-electron chi connectivity index (χ3n) is 2.94. The van der Waals surface area contributed by atoms with Gasteiger partial charge in [-0.1, -0.05) is 51.8 Å². The summed E-state index contributed by atoms with van der Waals surface area (Å²) in [5.41, 5.74) is 7.82. The molecule has 0 saturated heterocycles. The lowest BCUT2D eigenvalue weighted by Gasteiger charge is -2.13. The van der Waals surface area contributed by atoms with E-state index >= 15 is 0 Å². The largest absolute Gasteiger partial charge is 0.327 e. The molecule has 1 atom stereocenters. The highest BCUT2D eigenvalue weighted by molar-refractivity contribution is 9.10. The first-order chi connectivity index (χ1) is 9.06. The van der Waals surface area contributed by atoms with Gasteiger partial charge in [0.2, 0.25) is 0 Å². The fourth-order valence-corrected chi connectivity index (χ4v) is 2.59. The molecule has 0 aliphatic carbocycles. The van der Waals surface area contributed by atoms with Crippen LogP contribution in [0.1, 0.15) is 11.1 Å². The Hall–Kier alpha value is -0.900. The molecular weight excluding hydrogens is 329 g/mol. The Morgan fingerprint density at radius 1 is 1.11 bits per heavy atom. The summed E-state index contributed by atoms with van der Waals surface area (Å²) in [7, 11) is 0. The first-order valence-electron chi connectivity index (χ1n) is 5.99. The van der Waals surface area contributed by atoms with Gasteiger partial charge in [-0.15, -0.1) is 0 Å². The zero-order valence-corrected chi connectivity index (χ0v) is 12.6. The van der Waals surface area contributed by atoms with Crippen molar-refractivity contribution in [3.8, 4) is 0 Å². The van der Waals surface area contributed by atoms with Crippen molar-refractivity contribution in [3.63, 3.8) is 0 Å². The highest BCUT2D eigenvalue weighted by Gasteiger charge is 2.11. The van der Waals surface area contributed by atoms with Crippen LogP contribution in [0.5, 0.6) is 0 Å². The van der Waals surface area contributed by atoms with E-state index in [1.807, 2.05) is 24.3 Å². The van der Waals surface area contributed by atoms with Gasteiger partial charge < -0.3 is 5.73 Å². The molecule has 2 aromatic carbocycles. The molecule has 4 heteroatoms. The zero-order valence-electron chi connectivity index (χ0n) is 10.2. The molecule has 2 rings (SSSR count). The van der Waals surface area contributed by atoms with E-state index in [9.17, 15) is 4.39 Å². The molecule has 2 aromatic rings. The van der Waals surface area contributed by atoms with Crippen LogP contribution >= 0.6 is 27.5 Å². The fraction of sp³-hybridized carbons (Fsp3) is 0.200. The molecule has 2 N–H and O–H groups in total. The van der Waals surface area contributed by atoms with Crippen molar-refractivity contribution in [1.82, 2.24) is 0 Å². The molecular formula is C15H14BrClFN. The molecule has 0 aliphatic heterocycles. The second kappa shape index (κ2) is 6.51. The molecule has 0 aliphatic rings. The molecule has 0 amide bonds. The Morgan fingerprint density at radius 3 is 2.47 bits per heavy atom. The third-order valence-corrected chi connectivity index (χ3v) is 3.95. The Morgan fingerprint density at radius 2 is 1.79 bits per heavy atom. The van der Waals surface area contributed by atoms with Gasteiger partial charge in [-0.25, -0.2) is 4.39 Å². The maximum atomic E-state index is 13.7. The Bertz CT molecular complexity index is 574. The van der Waals surface area contributed by atoms with Gasteiger partial charge in [0, 0.05) is 15.5 Å². The summed E-state index contributed by atoms with van der Waals surface area (Å²) in [4.78, 5) is 0. The van der Waals surface area contributed by atoms with Crippen LogP contribution in [0.25, 0.3) is 0 Å². The van der Waals surface area contributed by atoms with E-state index in [1.54, 1.807) is 12.1 Å². The summed E-state index contributed by atoms with van der Waals surface area (Å²) in [6.07, 6.45) is 1.19. The lowest BCUT2D eigenvalue weighted by atomic mass is 9.99. The fourth-order valence-electron chi connectivity index (χ4n) is 1.99. The quantitative estimate of drug-likeness (QED) is 0.878. The number of hydrogen-bond donors (Lipinski definition) is 1. The predicted molar refractivity (Wildman–Crippen MR) is 80.9 cm³/mol. The average Bonchev–Trinajstić information content (AvgIpc) is 2.36. The van der Waals surface area contributed by atoms with E-state index in [-0.39, 0.29) is 11.9 Å². The van der Waals surface area contributed by atoms with Crippen LogP contribution < -0.4 is 5.73 Å². The molecule has 0 fully saturated rings. The molecule has 0 aromatic heterocycles. The van der Waals surface area contributed by atoms with Gasteiger partial charge in [0.1, 0.15) is 5.82 Å². The van der Waals surface area contributed by atoms with Crippen molar-refractivity contribution in [3.05, 3.63) is 68.9 Å². The molecule has 0 saturated carbocycles. The number of benzene rings is 2. The first-order valence-corrected chi connectivity index (χ1v) is 7.16. The van der Waals surface area contributed by atoms with Crippen LogP contribution in [0.4, 0.5) is 4.39 Å². The highest BCUT2D eigenvalue weighted by atomic mass is 79.9. The van der Waals surface area contributed by atoms with Crippen molar-refractivity contribution >= 4 is 27.5 Å². The number of halogens is 3. The summed E-state index contributed by atoms with van der Waals surface area (Å²) >= 11 is 9.21. The van der Waals surface area contributed by atoms with E-state index in [4.69, 9.17) is 17.3 Å². The topological polar surface area (TPSA) is 26.0 Å². The van der Waals surface area contributed by atoms with Gasteiger partial charge >= 0.3 is 0 Å². The summed E-state index contributed by atoms with van der Waals surface area (Å²) in [6, 6.07) is 12.5. The molecule has 1 unspecified atom stereocenters. The zero-order chi connectivity index (χ0) is 13.8. The Labute approximate surface area is 125 Å². The highest BCUT2D eigenvalue weighted by Crippen LogP contribution is 2.20. The molecule has 1 nitrogen and oxygen atoms in total. The Balaban J connectivity index is 2.05. The molecule has 100 valence electrons. The molecule has 0 spiro atoms. The lowest BCUT2D eigenvalue weighted by Crippen LogP contribution is -2.26. The second-order valence-corrected chi connectivity index (χ2v) is 5.79. The number of hydrogen-bond acceptors (Lipinski definition) is 1. The Kier molecular flexibility index (Phi) is 4.97. The molecule has 0 radical (unpaired) electrons. The van der Waals surface area contributed by atoms with Gasteiger partial charge in [0.15, 0.2) is 0 Å². The third kappa shape index (κ3) is 4.03. The molecule has 19 heavy (non-hydrogen) atoms. The predicted octanol–water partition coefficient (Wildman–Crippen LogP) is 4.35. The van der Waals surface area contributed by atoms with Crippen LogP contribution in [0, 0.1) is 5.82 Å². The number of rotatable bonds is 4. The van der Waals surface area contributed by atoms with E-state index in [2.05, 4.69) is 15.9 Å². The van der Waals surface area contributed by atoms with Crippen molar-refractivity contribution in [2.75, 3.05) is 0 Å². The van der Waals surface area contributed by atoms with Crippen molar-refractivity contribution in [1.29, 1.82) is 0 Å². The van der Waals surface area contributed by atoms with Crippen LogP contribution in [-0.4, -0.2) is 6.04 Å². The van der Waals surface area contributed by atoms with Crippen LogP contribution in [0.3, 0.4) is 0 Å². The van der Waals surface area contributed by atoms with Crippen LogP contribution in [0.15, 0.2) is 46.9 Å². The first kappa shape index (κ1) is 14.5. The smallest absolute Gasteiger partial charge is 0.127 e. The summed E-state index contributed by atoms with van der Waals surface area (Å²) in [5.74, 6) is -0.296. The average molecular weight is 343 g/mol. The van der Waals surface area contributed by atoms with Crippen LogP contribution in [-0.2, 0) is 12.8 Å². The molecule has 0 bridgehead atoms. The van der Waals surface area contributed by atoms with Gasteiger partial charge in [-0.05, 0) is 42.2 Å². The van der Waals surface area contributed by atoms with Crippen molar-refractivity contribution in [2.24, 2.45) is 5.73 Å². The van der Waals surface area contributed by atoms with Gasteiger partial charge in [0.05, 0.1) is 0 Å². The van der Waals surface area contributed by atoms with E-state index in [0.717, 1.165) is 10.0 Å². The van der Waals surface area contributed by atoms with E-state index in [0.29, 0.717) is 23.4 Å². The summed E-state index contributed by atoms with van der Waals surface area (Å²) in [5, 5.41) is 0.403. The van der Waals surface area contributed by atoms with Crippen molar-refractivity contribution < 1.29 is 4.39 Å². The minimum absolute atomic E-state index is 0.130. The lowest BCUT2D eigenvalue weighted by molar-refractivity contribution is 0.583. The second-order valence-electron chi connectivity index (χ2n) is 4.50. The van der Waals surface area contributed by atoms with E-state index < -0.39 is 0 Å². The summed E-state index contributed by atoms with van der Waals surface area (Å²) < 4.78 is 14.7. The monoisotopic (exact) mass is 341 g/mol. The normalized spacial score (nSPS) is 12.4.